The number of hydrogen-bond acceptors (Lipinski definition) is 4. The zero-order valence-corrected chi connectivity index (χ0v) is 9.11. The molecule has 1 fully saturated rings. The van der Waals surface area contributed by atoms with Gasteiger partial charge in [0.2, 0.25) is 0 Å². The lowest BCUT2D eigenvalue weighted by Crippen LogP contribution is -2.35. The van der Waals surface area contributed by atoms with Crippen LogP contribution in [0.2, 0.25) is 0 Å². The highest BCUT2D eigenvalue weighted by molar-refractivity contribution is 5.08. The number of hydrogen-bond donors (Lipinski definition) is 2. The van der Waals surface area contributed by atoms with E-state index in [0.717, 1.165) is 30.8 Å². The van der Waals surface area contributed by atoms with Crippen LogP contribution in [0.5, 0.6) is 0 Å². The van der Waals surface area contributed by atoms with Gasteiger partial charge in [-0.2, -0.15) is 0 Å². The van der Waals surface area contributed by atoms with Crippen molar-refractivity contribution < 1.29 is 0 Å². The lowest BCUT2D eigenvalue weighted by atomic mass is 10.1. The van der Waals surface area contributed by atoms with E-state index in [-0.39, 0.29) is 6.04 Å². The van der Waals surface area contributed by atoms with Crippen molar-refractivity contribution in [1.82, 2.24) is 15.3 Å². The molecule has 0 aliphatic carbocycles. The Bertz CT molecular complexity index is 303. The normalized spacial score (nSPS) is 22.9. The first-order chi connectivity index (χ1) is 7.31. The Morgan fingerprint density at radius 3 is 2.80 bits per heavy atom. The molecule has 0 radical (unpaired) electrons. The van der Waals surface area contributed by atoms with Crippen molar-refractivity contribution in [1.29, 1.82) is 0 Å². The quantitative estimate of drug-likeness (QED) is 0.767. The van der Waals surface area contributed by atoms with Crippen molar-refractivity contribution in [2.75, 3.05) is 6.54 Å². The summed E-state index contributed by atoms with van der Waals surface area (Å²) in [5.41, 5.74) is 7.26. The molecular weight excluding hydrogens is 188 g/mol. The largest absolute Gasteiger partial charge is 0.320 e. The summed E-state index contributed by atoms with van der Waals surface area (Å²) in [6.45, 7) is 3.15. The molecule has 2 atom stereocenters. The van der Waals surface area contributed by atoms with E-state index in [1.807, 2.05) is 12.4 Å². The molecule has 1 saturated heterocycles. The molecule has 1 unspecified atom stereocenters. The van der Waals surface area contributed by atoms with Gasteiger partial charge in [0.05, 0.1) is 6.04 Å². The second-order valence-electron chi connectivity index (χ2n) is 4.03. The molecule has 1 aliphatic rings. The number of rotatable bonds is 3. The fourth-order valence-electron chi connectivity index (χ4n) is 1.92. The van der Waals surface area contributed by atoms with Crippen LogP contribution in [0.25, 0.3) is 0 Å². The molecule has 1 aliphatic heterocycles. The van der Waals surface area contributed by atoms with E-state index in [2.05, 4.69) is 22.2 Å². The molecule has 0 amide bonds. The van der Waals surface area contributed by atoms with Gasteiger partial charge in [0.15, 0.2) is 0 Å². The first-order valence-electron chi connectivity index (χ1n) is 5.61. The van der Waals surface area contributed by atoms with Crippen molar-refractivity contribution >= 4 is 0 Å². The number of nitrogens with two attached hydrogens (primary N) is 1. The molecule has 4 heteroatoms. The van der Waals surface area contributed by atoms with Crippen LogP contribution in [0.1, 0.15) is 37.2 Å². The molecular formula is C11H18N4. The zero-order chi connectivity index (χ0) is 10.7. The van der Waals surface area contributed by atoms with Crippen LogP contribution >= 0.6 is 0 Å². The number of nitrogens with zero attached hydrogens (tertiary/aromatic N) is 2. The van der Waals surface area contributed by atoms with Gasteiger partial charge in [0.1, 0.15) is 5.82 Å². The monoisotopic (exact) mass is 206 g/mol. The van der Waals surface area contributed by atoms with E-state index in [0.29, 0.717) is 6.04 Å². The van der Waals surface area contributed by atoms with Gasteiger partial charge in [-0.05, 0) is 31.4 Å². The minimum atomic E-state index is -0.0709. The Hall–Kier alpha value is -1.00. The van der Waals surface area contributed by atoms with Gasteiger partial charge in [-0.3, -0.25) is 0 Å². The van der Waals surface area contributed by atoms with Crippen molar-refractivity contribution in [3.05, 3.63) is 23.8 Å². The van der Waals surface area contributed by atoms with Gasteiger partial charge in [0.25, 0.3) is 0 Å². The van der Waals surface area contributed by atoms with Crippen LogP contribution in [-0.4, -0.2) is 22.6 Å². The molecule has 15 heavy (non-hydrogen) atoms. The van der Waals surface area contributed by atoms with Gasteiger partial charge >= 0.3 is 0 Å². The highest BCUT2D eigenvalue weighted by Gasteiger charge is 2.24. The Labute approximate surface area is 90.3 Å². The summed E-state index contributed by atoms with van der Waals surface area (Å²) in [5.74, 6) is 0.756. The maximum absolute atomic E-state index is 6.10. The summed E-state index contributed by atoms with van der Waals surface area (Å²) in [4.78, 5) is 8.64. The molecule has 0 bridgehead atoms. The topological polar surface area (TPSA) is 63.8 Å². The number of nitrogens with one attached hydrogen (secondary N) is 1. The van der Waals surface area contributed by atoms with E-state index in [1.165, 1.54) is 6.42 Å². The molecule has 0 spiro atoms. The van der Waals surface area contributed by atoms with Gasteiger partial charge < -0.3 is 11.1 Å². The van der Waals surface area contributed by atoms with Gasteiger partial charge in [-0.15, -0.1) is 0 Å². The molecule has 3 N–H and O–H groups in total. The molecule has 1 aromatic heterocycles. The third-order valence-electron chi connectivity index (χ3n) is 2.96. The third-order valence-corrected chi connectivity index (χ3v) is 2.96. The summed E-state index contributed by atoms with van der Waals surface area (Å²) in [6, 6.07) is 0.274. The van der Waals surface area contributed by atoms with Crippen LogP contribution in [0.3, 0.4) is 0 Å². The summed E-state index contributed by atoms with van der Waals surface area (Å²) < 4.78 is 0. The summed E-state index contributed by atoms with van der Waals surface area (Å²) in [7, 11) is 0. The Balaban J connectivity index is 2.07. The van der Waals surface area contributed by atoms with Crippen LogP contribution in [0.15, 0.2) is 12.4 Å². The average Bonchev–Trinajstić information content (AvgIpc) is 2.82. The van der Waals surface area contributed by atoms with Crippen molar-refractivity contribution in [2.24, 2.45) is 5.73 Å². The van der Waals surface area contributed by atoms with Crippen molar-refractivity contribution in [3.63, 3.8) is 0 Å². The second kappa shape index (κ2) is 4.68. The smallest absolute Gasteiger partial charge is 0.146 e. The third kappa shape index (κ3) is 2.33. The van der Waals surface area contributed by atoms with Crippen LogP contribution in [0, 0.1) is 0 Å². The van der Waals surface area contributed by atoms with E-state index in [9.17, 15) is 0 Å². The van der Waals surface area contributed by atoms with E-state index in [1.54, 1.807) is 0 Å². The van der Waals surface area contributed by atoms with E-state index in [4.69, 9.17) is 5.73 Å². The summed E-state index contributed by atoms with van der Waals surface area (Å²) in [5, 5.41) is 3.38. The predicted molar refractivity (Wildman–Crippen MR) is 59.4 cm³/mol. The lowest BCUT2D eigenvalue weighted by molar-refractivity contribution is 0.480. The predicted octanol–water partition coefficient (Wildman–Crippen LogP) is 0.791. The molecule has 2 heterocycles. The number of aryl methyl sites for hydroxylation is 1. The van der Waals surface area contributed by atoms with Gasteiger partial charge in [-0.25, -0.2) is 9.97 Å². The minimum absolute atomic E-state index is 0.0709. The van der Waals surface area contributed by atoms with Gasteiger partial charge in [0, 0.05) is 18.4 Å². The fourth-order valence-corrected chi connectivity index (χ4v) is 1.92. The number of aromatic nitrogens is 2. The molecule has 0 saturated carbocycles. The minimum Gasteiger partial charge on any atom is -0.320 e. The second-order valence-corrected chi connectivity index (χ2v) is 4.03. The Kier molecular flexibility index (Phi) is 3.28. The summed E-state index contributed by atoms with van der Waals surface area (Å²) >= 11 is 0. The molecule has 1 aromatic rings. The molecule has 2 rings (SSSR count). The highest BCUT2D eigenvalue weighted by atomic mass is 15.0. The molecule has 82 valence electrons. The first kappa shape index (κ1) is 10.5. The Morgan fingerprint density at radius 1 is 1.53 bits per heavy atom. The standard InChI is InChI=1S/C11H18N4/c1-2-8-6-14-11(15-7-8)10(12)9-4-3-5-13-9/h6-7,9-10,13H,2-5,12H2,1H3/t9-,10?/m0/s1. The SMILES string of the molecule is CCc1cnc(C(N)[C@@H]2CCCN2)nc1. The van der Waals surface area contributed by atoms with Crippen molar-refractivity contribution in [3.8, 4) is 0 Å². The van der Waals surface area contributed by atoms with Crippen molar-refractivity contribution in [2.45, 2.75) is 38.3 Å². The summed E-state index contributed by atoms with van der Waals surface area (Å²) in [6.07, 6.45) is 7.04. The highest BCUT2D eigenvalue weighted by Crippen LogP contribution is 2.17. The van der Waals surface area contributed by atoms with Crippen LogP contribution in [0.4, 0.5) is 0 Å². The van der Waals surface area contributed by atoms with Crippen LogP contribution in [-0.2, 0) is 6.42 Å². The first-order valence-corrected chi connectivity index (χ1v) is 5.61. The molecule has 4 nitrogen and oxygen atoms in total. The van der Waals surface area contributed by atoms with E-state index < -0.39 is 0 Å². The maximum atomic E-state index is 6.10. The van der Waals surface area contributed by atoms with E-state index >= 15 is 0 Å². The maximum Gasteiger partial charge on any atom is 0.146 e. The average molecular weight is 206 g/mol. The molecule has 0 aromatic carbocycles. The Morgan fingerprint density at radius 2 is 2.27 bits per heavy atom. The zero-order valence-electron chi connectivity index (χ0n) is 9.11. The fraction of sp³-hybridized carbons (Fsp3) is 0.636. The van der Waals surface area contributed by atoms with Gasteiger partial charge in [-0.1, -0.05) is 6.92 Å². The lowest BCUT2D eigenvalue weighted by Gasteiger charge is -2.17. The van der Waals surface area contributed by atoms with Crippen LogP contribution < -0.4 is 11.1 Å².